The van der Waals surface area contributed by atoms with Gasteiger partial charge in [0.05, 0.1) is 12.1 Å². The summed E-state index contributed by atoms with van der Waals surface area (Å²) in [4.78, 5) is 16.7. The van der Waals surface area contributed by atoms with Crippen molar-refractivity contribution in [1.29, 1.82) is 0 Å². The summed E-state index contributed by atoms with van der Waals surface area (Å²) in [6.45, 7) is 7.70. The largest absolute Gasteiger partial charge is 0.424 e. The number of benzene rings is 1. The Morgan fingerprint density at radius 2 is 1.92 bits per heavy atom. The number of carbonyl (C=O) groups excluding carboxylic acids is 1. The molecule has 1 fully saturated rings. The highest BCUT2D eigenvalue weighted by Crippen LogP contribution is 2.19. The van der Waals surface area contributed by atoms with Gasteiger partial charge in [-0.1, -0.05) is 26.0 Å². The van der Waals surface area contributed by atoms with E-state index in [0.29, 0.717) is 37.0 Å². The van der Waals surface area contributed by atoms with E-state index in [9.17, 15) is 4.79 Å². The van der Waals surface area contributed by atoms with E-state index >= 15 is 0 Å². The van der Waals surface area contributed by atoms with Crippen molar-refractivity contribution >= 4 is 21.8 Å². The number of halogens is 1. The third-order valence-corrected chi connectivity index (χ3v) is 4.79. The molecular weight excluding hydrogens is 372 g/mol. The van der Waals surface area contributed by atoms with E-state index in [1.807, 2.05) is 43.0 Å². The Bertz CT molecular complexity index is 708. The molecule has 0 unspecified atom stereocenters. The molecule has 0 N–H and O–H groups in total. The molecule has 1 aromatic heterocycles. The van der Waals surface area contributed by atoms with Gasteiger partial charge >= 0.3 is 0 Å². The van der Waals surface area contributed by atoms with E-state index < -0.39 is 0 Å². The van der Waals surface area contributed by atoms with Gasteiger partial charge in [-0.15, -0.1) is 10.2 Å². The molecule has 0 aliphatic carbocycles. The summed E-state index contributed by atoms with van der Waals surface area (Å²) in [5, 5.41) is 8.16. The SMILES string of the molecule is CC(C)c1nnc(CN2CCN(C(=O)c3ccccc3Br)CC2)o1. The summed E-state index contributed by atoms with van der Waals surface area (Å²) >= 11 is 3.45. The van der Waals surface area contributed by atoms with Crippen LogP contribution in [0.5, 0.6) is 0 Å². The quantitative estimate of drug-likeness (QED) is 0.800. The van der Waals surface area contributed by atoms with Crippen LogP contribution in [0.4, 0.5) is 0 Å². The first kappa shape index (κ1) is 17.1. The van der Waals surface area contributed by atoms with Gasteiger partial charge in [0.15, 0.2) is 0 Å². The number of hydrogen-bond donors (Lipinski definition) is 0. The Labute approximate surface area is 150 Å². The van der Waals surface area contributed by atoms with Gasteiger partial charge in [0.2, 0.25) is 11.8 Å². The summed E-state index contributed by atoms with van der Waals surface area (Å²) < 4.78 is 6.49. The molecule has 7 heteroatoms. The maximum absolute atomic E-state index is 12.6. The number of rotatable bonds is 4. The van der Waals surface area contributed by atoms with E-state index in [1.165, 1.54) is 0 Å². The number of nitrogens with zero attached hydrogens (tertiary/aromatic N) is 4. The van der Waals surface area contributed by atoms with Crippen LogP contribution in [0.3, 0.4) is 0 Å². The van der Waals surface area contributed by atoms with E-state index in [2.05, 4.69) is 31.0 Å². The molecule has 0 atom stereocenters. The second kappa shape index (κ2) is 7.44. The molecule has 2 heterocycles. The molecule has 24 heavy (non-hydrogen) atoms. The van der Waals surface area contributed by atoms with Crippen LogP contribution in [0.25, 0.3) is 0 Å². The van der Waals surface area contributed by atoms with E-state index in [0.717, 1.165) is 17.6 Å². The van der Waals surface area contributed by atoms with Crippen molar-refractivity contribution in [1.82, 2.24) is 20.0 Å². The van der Waals surface area contributed by atoms with Gasteiger partial charge in [0.1, 0.15) is 0 Å². The smallest absolute Gasteiger partial charge is 0.255 e. The standard InChI is InChI=1S/C17H21BrN4O2/c1-12(2)16-20-19-15(24-16)11-21-7-9-22(10-8-21)17(23)13-5-3-4-6-14(13)18/h3-6,12H,7-11H2,1-2H3. The molecule has 1 saturated heterocycles. The minimum atomic E-state index is 0.0713. The maximum atomic E-state index is 12.6. The fourth-order valence-corrected chi connectivity index (χ4v) is 3.12. The van der Waals surface area contributed by atoms with Crippen LogP contribution in [0, 0.1) is 0 Å². The van der Waals surface area contributed by atoms with E-state index in [4.69, 9.17) is 4.42 Å². The molecule has 0 bridgehead atoms. The van der Waals surface area contributed by atoms with Gasteiger partial charge in [-0.3, -0.25) is 9.69 Å². The highest BCUT2D eigenvalue weighted by Gasteiger charge is 2.24. The van der Waals surface area contributed by atoms with Gasteiger partial charge in [-0.05, 0) is 28.1 Å². The summed E-state index contributed by atoms with van der Waals surface area (Å²) in [5.74, 6) is 1.63. The number of aromatic nitrogens is 2. The number of piperazine rings is 1. The zero-order valence-electron chi connectivity index (χ0n) is 13.9. The summed E-state index contributed by atoms with van der Waals surface area (Å²) in [6.07, 6.45) is 0. The minimum absolute atomic E-state index is 0.0713. The van der Waals surface area contributed by atoms with Crippen molar-refractivity contribution in [3.8, 4) is 0 Å². The van der Waals surface area contributed by atoms with E-state index in [1.54, 1.807) is 0 Å². The molecule has 3 rings (SSSR count). The lowest BCUT2D eigenvalue weighted by molar-refractivity contribution is 0.0616. The van der Waals surface area contributed by atoms with Crippen molar-refractivity contribution in [2.75, 3.05) is 26.2 Å². The lowest BCUT2D eigenvalue weighted by Gasteiger charge is -2.34. The molecule has 1 amide bonds. The fraction of sp³-hybridized carbons (Fsp3) is 0.471. The Kier molecular flexibility index (Phi) is 5.30. The third kappa shape index (κ3) is 3.84. The Morgan fingerprint density at radius 3 is 2.54 bits per heavy atom. The summed E-state index contributed by atoms with van der Waals surface area (Å²) in [7, 11) is 0. The minimum Gasteiger partial charge on any atom is -0.424 e. The van der Waals surface area contributed by atoms with Crippen molar-refractivity contribution in [3.05, 3.63) is 46.1 Å². The number of hydrogen-bond acceptors (Lipinski definition) is 5. The monoisotopic (exact) mass is 392 g/mol. The first-order valence-electron chi connectivity index (χ1n) is 8.13. The highest BCUT2D eigenvalue weighted by molar-refractivity contribution is 9.10. The van der Waals surface area contributed by atoms with Crippen molar-refractivity contribution < 1.29 is 9.21 Å². The van der Waals surface area contributed by atoms with Crippen LogP contribution in [-0.4, -0.2) is 52.1 Å². The highest BCUT2D eigenvalue weighted by atomic mass is 79.9. The van der Waals surface area contributed by atoms with Crippen molar-refractivity contribution in [3.63, 3.8) is 0 Å². The molecule has 0 saturated carbocycles. The average Bonchev–Trinajstić information content (AvgIpc) is 3.04. The Morgan fingerprint density at radius 1 is 1.21 bits per heavy atom. The van der Waals surface area contributed by atoms with Gasteiger partial charge < -0.3 is 9.32 Å². The number of carbonyl (C=O) groups is 1. The first-order valence-corrected chi connectivity index (χ1v) is 8.92. The molecule has 2 aromatic rings. The lowest BCUT2D eigenvalue weighted by atomic mass is 10.2. The Hall–Kier alpha value is -1.73. The molecule has 1 aromatic carbocycles. The van der Waals surface area contributed by atoms with Crippen LogP contribution in [0.2, 0.25) is 0 Å². The lowest BCUT2D eigenvalue weighted by Crippen LogP contribution is -2.48. The first-order chi connectivity index (χ1) is 11.5. The zero-order chi connectivity index (χ0) is 17.1. The molecule has 1 aliphatic heterocycles. The Balaban J connectivity index is 1.55. The second-order valence-corrected chi connectivity index (χ2v) is 7.09. The van der Waals surface area contributed by atoms with Crippen LogP contribution in [-0.2, 0) is 6.54 Å². The van der Waals surface area contributed by atoms with Crippen LogP contribution < -0.4 is 0 Å². The topological polar surface area (TPSA) is 62.5 Å². The van der Waals surface area contributed by atoms with Crippen LogP contribution in [0.15, 0.2) is 33.2 Å². The average molecular weight is 393 g/mol. The van der Waals surface area contributed by atoms with Gasteiger partial charge in [0, 0.05) is 36.6 Å². The van der Waals surface area contributed by atoms with Gasteiger partial charge in [-0.25, -0.2) is 0 Å². The van der Waals surface area contributed by atoms with Crippen molar-refractivity contribution in [2.24, 2.45) is 0 Å². The molecule has 1 aliphatic rings. The fourth-order valence-electron chi connectivity index (χ4n) is 2.67. The predicted octanol–water partition coefficient (Wildman–Crippen LogP) is 2.91. The predicted molar refractivity (Wildman–Crippen MR) is 93.7 cm³/mol. The van der Waals surface area contributed by atoms with Crippen molar-refractivity contribution in [2.45, 2.75) is 26.3 Å². The second-order valence-electron chi connectivity index (χ2n) is 6.24. The zero-order valence-corrected chi connectivity index (χ0v) is 15.5. The molecule has 0 spiro atoms. The molecule has 0 radical (unpaired) electrons. The third-order valence-electron chi connectivity index (χ3n) is 4.10. The number of amides is 1. The molecular formula is C17H21BrN4O2. The molecule has 128 valence electrons. The van der Waals surface area contributed by atoms with Crippen LogP contribution in [0.1, 0.15) is 41.9 Å². The maximum Gasteiger partial charge on any atom is 0.255 e. The van der Waals surface area contributed by atoms with Gasteiger partial charge in [-0.2, -0.15) is 0 Å². The normalized spacial score (nSPS) is 15.9. The van der Waals surface area contributed by atoms with Crippen LogP contribution >= 0.6 is 15.9 Å². The summed E-state index contributed by atoms with van der Waals surface area (Å²) in [5.41, 5.74) is 0.712. The summed E-state index contributed by atoms with van der Waals surface area (Å²) in [6, 6.07) is 7.54. The van der Waals surface area contributed by atoms with Gasteiger partial charge in [0.25, 0.3) is 5.91 Å². The van der Waals surface area contributed by atoms with E-state index in [-0.39, 0.29) is 11.8 Å². The molecule has 6 nitrogen and oxygen atoms in total.